The lowest BCUT2D eigenvalue weighted by atomic mass is 9.88. The molecule has 4 nitrogen and oxygen atoms in total. The van der Waals surface area contributed by atoms with Crippen molar-refractivity contribution >= 4 is 35.0 Å². The number of benzene rings is 1. The van der Waals surface area contributed by atoms with E-state index in [0.29, 0.717) is 35.5 Å². The van der Waals surface area contributed by atoms with Crippen molar-refractivity contribution in [2.45, 2.75) is 12.8 Å². The SMILES string of the molecule is CN1CC[C@@H]2CN(C(=O)Cc3ccc(Cl)c(Cl)c3)C[C@@H]2C1=O. The van der Waals surface area contributed by atoms with E-state index >= 15 is 0 Å². The van der Waals surface area contributed by atoms with Gasteiger partial charge in [-0.15, -0.1) is 0 Å². The minimum atomic E-state index is -0.0310. The van der Waals surface area contributed by atoms with E-state index in [1.165, 1.54) is 0 Å². The van der Waals surface area contributed by atoms with Gasteiger partial charge in [0, 0.05) is 26.7 Å². The second-order valence-electron chi connectivity index (χ2n) is 6.14. The second-order valence-corrected chi connectivity index (χ2v) is 6.95. The highest BCUT2D eigenvalue weighted by Crippen LogP contribution is 2.32. The number of hydrogen-bond donors (Lipinski definition) is 0. The molecule has 0 bridgehead atoms. The van der Waals surface area contributed by atoms with E-state index in [1.807, 2.05) is 18.0 Å². The Kier molecular flexibility index (Phi) is 4.33. The first-order chi connectivity index (χ1) is 10.5. The van der Waals surface area contributed by atoms with Crippen LogP contribution in [0.25, 0.3) is 0 Å². The summed E-state index contributed by atoms with van der Waals surface area (Å²) >= 11 is 11.9. The summed E-state index contributed by atoms with van der Waals surface area (Å²) in [4.78, 5) is 28.2. The topological polar surface area (TPSA) is 40.6 Å². The van der Waals surface area contributed by atoms with Crippen LogP contribution in [0, 0.1) is 11.8 Å². The van der Waals surface area contributed by atoms with Crippen LogP contribution in [0.1, 0.15) is 12.0 Å². The molecule has 2 heterocycles. The fourth-order valence-electron chi connectivity index (χ4n) is 3.34. The Morgan fingerprint density at radius 1 is 1.27 bits per heavy atom. The number of amides is 2. The lowest BCUT2D eigenvalue weighted by Gasteiger charge is -2.30. The quantitative estimate of drug-likeness (QED) is 0.829. The molecule has 2 saturated heterocycles. The molecule has 2 atom stereocenters. The van der Waals surface area contributed by atoms with Crippen LogP contribution in [-0.2, 0) is 16.0 Å². The molecule has 2 fully saturated rings. The standard InChI is InChI=1S/C16H18Cl2N2O2/c1-19-5-4-11-8-20(9-12(11)16(19)22)15(21)7-10-2-3-13(17)14(18)6-10/h2-3,6,11-12H,4-5,7-9H2,1H3/t11-,12+/m1/s1. The zero-order chi connectivity index (χ0) is 15.9. The third-order valence-electron chi connectivity index (χ3n) is 4.66. The van der Waals surface area contributed by atoms with E-state index in [4.69, 9.17) is 23.2 Å². The molecule has 2 aliphatic heterocycles. The van der Waals surface area contributed by atoms with Crippen molar-refractivity contribution in [2.75, 3.05) is 26.7 Å². The molecule has 6 heteroatoms. The Bertz CT molecular complexity index is 620. The molecular formula is C16H18Cl2N2O2. The molecule has 3 rings (SSSR count). The summed E-state index contributed by atoms with van der Waals surface area (Å²) < 4.78 is 0. The van der Waals surface area contributed by atoms with Crippen molar-refractivity contribution in [2.24, 2.45) is 11.8 Å². The zero-order valence-electron chi connectivity index (χ0n) is 12.4. The summed E-state index contributed by atoms with van der Waals surface area (Å²) in [5.74, 6) is 0.488. The van der Waals surface area contributed by atoms with Gasteiger partial charge < -0.3 is 9.80 Å². The van der Waals surface area contributed by atoms with Crippen molar-refractivity contribution in [1.29, 1.82) is 0 Å². The van der Waals surface area contributed by atoms with Crippen molar-refractivity contribution in [1.82, 2.24) is 9.80 Å². The predicted octanol–water partition coefficient (Wildman–Crippen LogP) is 2.47. The molecule has 0 aliphatic carbocycles. The molecule has 1 aromatic rings. The highest BCUT2D eigenvalue weighted by atomic mass is 35.5. The maximum Gasteiger partial charge on any atom is 0.227 e. The minimum Gasteiger partial charge on any atom is -0.345 e. The van der Waals surface area contributed by atoms with E-state index in [2.05, 4.69) is 0 Å². The first kappa shape index (κ1) is 15.6. The Labute approximate surface area is 140 Å². The Balaban J connectivity index is 1.66. The van der Waals surface area contributed by atoms with Gasteiger partial charge in [0.15, 0.2) is 0 Å². The summed E-state index contributed by atoms with van der Waals surface area (Å²) in [5, 5.41) is 0.942. The van der Waals surface area contributed by atoms with Crippen molar-refractivity contribution in [3.05, 3.63) is 33.8 Å². The maximum atomic E-state index is 12.5. The van der Waals surface area contributed by atoms with Crippen LogP contribution in [0.5, 0.6) is 0 Å². The first-order valence-corrected chi connectivity index (χ1v) is 8.18. The summed E-state index contributed by atoms with van der Waals surface area (Å²) in [7, 11) is 1.83. The number of halogens is 2. The van der Waals surface area contributed by atoms with Crippen molar-refractivity contribution in [3.8, 4) is 0 Å². The summed E-state index contributed by atoms with van der Waals surface area (Å²) in [6, 6.07) is 5.24. The molecular weight excluding hydrogens is 323 g/mol. The van der Waals surface area contributed by atoms with E-state index < -0.39 is 0 Å². The minimum absolute atomic E-state index is 0.0310. The van der Waals surface area contributed by atoms with Gasteiger partial charge >= 0.3 is 0 Å². The lowest BCUT2D eigenvalue weighted by molar-refractivity contribution is -0.138. The number of carbonyl (C=O) groups excluding carboxylic acids is 2. The van der Waals surface area contributed by atoms with Gasteiger partial charge in [-0.3, -0.25) is 9.59 Å². The highest BCUT2D eigenvalue weighted by molar-refractivity contribution is 6.42. The van der Waals surface area contributed by atoms with Crippen LogP contribution in [0.15, 0.2) is 18.2 Å². The van der Waals surface area contributed by atoms with Gasteiger partial charge in [-0.2, -0.15) is 0 Å². The number of nitrogens with zero attached hydrogens (tertiary/aromatic N) is 2. The van der Waals surface area contributed by atoms with E-state index in [9.17, 15) is 9.59 Å². The van der Waals surface area contributed by atoms with Gasteiger partial charge in [-0.1, -0.05) is 29.3 Å². The Morgan fingerprint density at radius 2 is 2.05 bits per heavy atom. The van der Waals surface area contributed by atoms with Crippen LogP contribution >= 0.6 is 23.2 Å². The van der Waals surface area contributed by atoms with Crippen LogP contribution in [0.4, 0.5) is 0 Å². The lowest BCUT2D eigenvalue weighted by Crippen LogP contribution is -2.42. The van der Waals surface area contributed by atoms with Crippen LogP contribution < -0.4 is 0 Å². The van der Waals surface area contributed by atoms with Gasteiger partial charge in [0.1, 0.15) is 0 Å². The molecule has 0 spiro atoms. The molecule has 2 aliphatic rings. The average Bonchev–Trinajstić information content (AvgIpc) is 2.92. The molecule has 22 heavy (non-hydrogen) atoms. The molecule has 0 radical (unpaired) electrons. The van der Waals surface area contributed by atoms with Gasteiger partial charge in [0.05, 0.1) is 22.4 Å². The first-order valence-electron chi connectivity index (χ1n) is 7.42. The molecule has 118 valence electrons. The number of likely N-dealkylation sites (tertiary alicyclic amines) is 2. The highest BCUT2D eigenvalue weighted by Gasteiger charge is 2.43. The number of piperidine rings is 1. The normalized spacial score (nSPS) is 24.6. The summed E-state index contributed by atoms with van der Waals surface area (Å²) in [5.41, 5.74) is 0.845. The monoisotopic (exact) mass is 340 g/mol. The Morgan fingerprint density at radius 3 is 2.77 bits per heavy atom. The fourth-order valence-corrected chi connectivity index (χ4v) is 3.66. The van der Waals surface area contributed by atoms with Gasteiger partial charge in [0.25, 0.3) is 0 Å². The molecule has 1 aromatic carbocycles. The van der Waals surface area contributed by atoms with E-state index in [-0.39, 0.29) is 17.7 Å². The van der Waals surface area contributed by atoms with Gasteiger partial charge in [0.2, 0.25) is 11.8 Å². The second kappa shape index (κ2) is 6.09. The van der Waals surface area contributed by atoms with E-state index in [1.54, 1.807) is 17.0 Å². The smallest absolute Gasteiger partial charge is 0.227 e. The zero-order valence-corrected chi connectivity index (χ0v) is 13.9. The molecule has 0 saturated carbocycles. The molecule has 0 aromatic heterocycles. The average molecular weight is 341 g/mol. The van der Waals surface area contributed by atoms with E-state index in [0.717, 1.165) is 18.5 Å². The molecule has 0 unspecified atom stereocenters. The number of hydrogen-bond acceptors (Lipinski definition) is 2. The number of fused-ring (bicyclic) bond motifs is 1. The fraction of sp³-hybridized carbons (Fsp3) is 0.500. The summed E-state index contributed by atoms with van der Waals surface area (Å²) in [6.45, 7) is 2.01. The maximum absolute atomic E-state index is 12.5. The number of rotatable bonds is 2. The van der Waals surface area contributed by atoms with Crippen LogP contribution in [0.3, 0.4) is 0 Å². The Hall–Kier alpha value is -1.26. The third kappa shape index (κ3) is 2.95. The third-order valence-corrected chi connectivity index (χ3v) is 5.40. The van der Waals surface area contributed by atoms with Crippen molar-refractivity contribution in [3.63, 3.8) is 0 Å². The number of carbonyl (C=O) groups is 2. The van der Waals surface area contributed by atoms with Crippen molar-refractivity contribution < 1.29 is 9.59 Å². The summed E-state index contributed by atoms with van der Waals surface area (Å²) in [6.07, 6.45) is 1.27. The predicted molar refractivity (Wildman–Crippen MR) is 86.0 cm³/mol. The van der Waals surface area contributed by atoms with Crippen LogP contribution in [0.2, 0.25) is 10.0 Å². The largest absolute Gasteiger partial charge is 0.345 e. The molecule has 0 N–H and O–H groups in total. The van der Waals surface area contributed by atoms with Crippen LogP contribution in [-0.4, -0.2) is 48.3 Å². The van der Waals surface area contributed by atoms with Gasteiger partial charge in [-0.05, 0) is 30.0 Å². The molecule has 2 amide bonds. The van der Waals surface area contributed by atoms with Gasteiger partial charge in [-0.25, -0.2) is 0 Å².